The average Bonchev–Trinajstić information content (AvgIpc) is 2.83. The number of halogens is 3. The summed E-state index contributed by atoms with van der Waals surface area (Å²) in [5.41, 5.74) is 7.08. The van der Waals surface area contributed by atoms with Gasteiger partial charge in [0, 0.05) is 38.5 Å². The second-order valence-corrected chi connectivity index (χ2v) is 5.41. The topological polar surface area (TPSA) is 115 Å². The van der Waals surface area contributed by atoms with Crippen LogP contribution >= 0.6 is 0 Å². The van der Waals surface area contributed by atoms with Gasteiger partial charge < -0.3 is 16.4 Å². The fraction of sp³-hybridized carbons (Fsp3) is 0.333. The van der Waals surface area contributed by atoms with Gasteiger partial charge in [-0.25, -0.2) is 4.98 Å². The highest BCUT2D eigenvalue weighted by Gasteiger charge is 2.22. The molecule has 0 bridgehead atoms. The molecule has 8 nitrogen and oxygen atoms in total. The van der Waals surface area contributed by atoms with Crippen LogP contribution < -0.4 is 16.4 Å². The van der Waals surface area contributed by atoms with E-state index in [0.29, 0.717) is 28.5 Å². The molecule has 0 fully saturated rings. The highest BCUT2D eigenvalue weighted by molar-refractivity contribution is 6.06. The molecule has 0 spiro atoms. The Morgan fingerprint density at radius 2 is 2.04 bits per heavy atom. The van der Waals surface area contributed by atoms with Crippen molar-refractivity contribution in [3.05, 3.63) is 29.6 Å². The monoisotopic (exact) mass is 370 g/mol. The zero-order valence-corrected chi connectivity index (χ0v) is 14.0. The Bertz CT molecular complexity index is 872. The number of nitrogens with zero attached hydrogens (tertiary/aromatic N) is 3. The van der Waals surface area contributed by atoms with Crippen LogP contribution in [-0.2, 0) is 11.8 Å². The summed E-state index contributed by atoms with van der Waals surface area (Å²) in [6.07, 6.45) is -2.97. The Hall–Kier alpha value is -3.11. The molecule has 0 aliphatic carbocycles. The minimum Gasteiger partial charge on any atom is -0.382 e. The lowest BCUT2D eigenvalue weighted by Gasteiger charge is -2.12. The number of carbonyl (C=O) groups is 2. The van der Waals surface area contributed by atoms with Crippen molar-refractivity contribution in [2.45, 2.75) is 13.1 Å². The number of aromatic nitrogens is 3. The number of primary amides is 1. The van der Waals surface area contributed by atoms with Gasteiger partial charge in [0.25, 0.3) is 5.91 Å². The van der Waals surface area contributed by atoms with E-state index in [4.69, 9.17) is 5.73 Å². The number of carbonyl (C=O) groups excluding carboxylic acids is 2. The largest absolute Gasteiger partial charge is 0.409 e. The number of rotatable bonds is 6. The fourth-order valence-corrected chi connectivity index (χ4v) is 2.38. The molecule has 4 N–H and O–H groups in total. The van der Waals surface area contributed by atoms with Gasteiger partial charge in [0.2, 0.25) is 5.91 Å². The molecule has 2 heterocycles. The quantitative estimate of drug-likeness (QED) is 0.519. The molecule has 0 radical (unpaired) electrons. The number of allylic oxidation sites excluding steroid dienone is 1. The number of nitrogens with two attached hydrogens (primary N) is 1. The van der Waals surface area contributed by atoms with E-state index < -0.39 is 18.0 Å². The molecule has 0 aromatic carbocycles. The van der Waals surface area contributed by atoms with Crippen LogP contribution in [0.15, 0.2) is 18.3 Å². The van der Waals surface area contributed by atoms with Gasteiger partial charge in [-0.2, -0.15) is 18.3 Å². The van der Waals surface area contributed by atoms with Gasteiger partial charge >= 0.3 is 6.18 Å². The minimum absolute atomic E-state index is 0.0301. The van der Waals surface area contributed by atoms with Gasteiger partial charge in [-0.3, -0.25) is 14.3 Å². The molecule has 140 valence electrons. The summed E-state index contributed by atoms with van der Waals surface area (Å²) in [5.74, 6) is -1.57. The number of pyridine rings is 1. The van der Waals surface area contributed by atoms with Gasteiger partial charge in [0.15, 0.2) is 5.65 Å². The van der Waals surface area contributed by atoms with E-state index in [1.807, 2.05) is 0 Å². The van der Waals surface area contributed by atoms with Crippen molar-refractivity contribution in [2.75, 3.05) is 18.4 Å². The molecular formula is C15H17F3N6O2. The summed E-state index contributed by atoms with van der Waals surface area (Å²) >= 11 is 0. The van der Waals surface area contributed by atoms with Crippen LogP contribution in [0.3, 0.4) is 0 Å². The molecule has 2 rings (SSSR count). The van der Waals surface area contributed by atoms with Crippen LogP contribution in [0.1, 0.15) is 16.1 Å². The molecule has 0 saturated heterocycles. The van der Waals surface area contributed by atoms with Crippen LogP contribution in [0.4, 0.5) is 18.9 Å². The molecule has 26 heavy (non-hydrogen) atoms. The summed E-state index contributed by atoms with van der Waals surface area (Å²) in [7, 11) is 1.70. The van der Waals surface area contributed by atoms with Crippen LogP contribution in [0.5, 0.6) is 0 Å². The maximum absolute atomic E-state index is 12.0. The van der Waals surface area contributed by atoms with E-state index in [0.717, 1.165) is 0 Å². The van der Waals surface area contributed by atoms with Crippen LogP contribution in [0.2, 0.25) is 0 Å². The third kappa shape index (κ3) is 4.49. The third-order valence-corrected chi connectivity index (χ3v) is 3.44. The summed E-state index contributed by atoms with van der Waals surface area (Å²) < 4.78 is 37.5. The first-order valence-electron chi connectivity index (χ1n) is 7.50. The molecule has 2 aromatic rings. The van der Waals surface area contributed by atoms with Gasteiger partial charge in [0.1, 0.15) is 0 Å². The molecule has 0 aliphatic heterocycles. The number of fused-ring (bicyclic) bond motifs is 1. The molecule has 0 saturated carbocycles. The van der Waals surface area contributed by atoms with Crippen molar-refractivity contribution in [2.24, 2.45) is 12.8 Å². The summed E-state index contributed by atoms with van der Waals surface area (Å²) in [6, 6.07) is 0. The number of anilines is 1. The van der Waals surface area contributed by atoms with Crippen molar-refractivity contribution in [1.82, 2.24) is 20.1 Å². The van der Waals surface area contributed by atoms with Crippen molar-refractivity contribution < 1.29 is 22.8 Å². The van der Waals surface area contributed by atoms with Gasteiger partial charge in [-0.05, 0) is 6.92 Å². The average molecular weight is 370 g/mol. The van der Waals surface area contributed by atoms with E-state index in [2.05, 4.69) is 20.7 Å². The first-order chi connectivity index (χ1) is 12.1. The lowest BCUT2D eigenvalue weighted by atomic mass is 10.1. The number of hydrogen-bond donors (Lipinski definition) is 3. The van der Waals surface area contributed by atoms with Crippen LogP contribution in [0.25, 0.3) is 11.0 Å². The molecule has 0 atom stereocenters. The summed E-state index contributed by atoms with van der Waals surface area (Å²) in [6.45, 7) is 1.92. The normalized spacial score (nSPS) is 11.9. The van der Waals surface area contributed by atoms with Crippen molar-refractivity contribution in [1.29, 1.82) is 0 Å². The predicted molar refractivity (Wildman–Crippen MR) is 88.5 cm³/mol. The number of aryl methyl sites for hydroxylation is 2. The van der Waals surface area contributed by atoms with Crippen molar-refractivity contribution in [3.8, 4) is 0 Å². The highest BCUT2D eigenvalue weighted by atomic mass is 19.4. The Labute approximate surface area is 146 Å². The third-order valence-electron chi connectivity index (χ3n) is 3.44. The standard InChI is InChI=1S/C15H17F3N6O2/c1-8-11-12(9(13(19)26)7-22-14(11)24(2)23-8)21-6-5-20-10(25)3-4-15(16,17)18/h3-4,7H,5-6H2,1-2H3,(H2,19,26)(H,20,25)(H,21,22). The lowest BCUT2D eigenvalue weighted by molar-refractivity contribution is -0.117. The second-order valence-electron chi connectivity index (χ2n) is 5.41. The van der Waals surface area contributed by atoms with Gasteiger partial charge in [0.05, 0.1) is 22.3 Å². The molecule has 2 amide bonds. The smallest absolute Gasteiger partial charge is 0.382 e. The Morgan fingerprint density at radius 3 is 2.65 bits per heavy atom. The zero-order valence-electron chi connectivity index (χ0n) is 14.0. The van der Waals surface area contributed by atoms with E-state index in [-0.39, 0.29) is 24.7 Å². The molecule has 2 aromatic heterocycles. The molecule has 0 unspecified atom stereocenters. The van der Waals surface area contributed by atoms with Crippen molar-refractivity contribution >= 4 is 28.5 Å². The maximum atomic E-state index is 12.0. The van der Waals surface area contributed by atoms with Gasteiger partial charge in [-0.15, -0.1) is 0 Å². The summed E-state index contributed by atoms with van der Waals surface area (Å²) in [4.78, 5) is 27.1. The molecular weight excluding hydrogens is 353 g/mol. The molecule has 0 aliphatic rings. The van der Waals surface area contributed by atoms with E-state index in [1.165, 1.54) is 6.20 Å². The SMILES string of the molecule is Cc1nn(C)c2ncc(C(N)=O)c(NCCNC(=O)C=CC(F)(F)F)c12. The highest BCUT2D eigenvalue weighted by Crippen LogP contribution is 2.28. The minimum atomic E-state index is -4.55. The van der Waals surface area contributed by atoms with Gasteiger partial charge in [-0.1, -0.05) is 0 Å². The zero-order chi connectivity index (χ0) is 19.5. The first kappa shape index (κ1) is 19.2. The van der Waals surface area contributed by atoms with E-state index >= 15 is 0 Å². The molecule has 11 heteroatoms. The maximum Gasteiger partial charge on any atom is 0.409 e. The Kier molecular flexibility index (Phi) is 5.48. The van der Waals surface area contributed by atoms with E-state index in [1.54, 1.807) is 18.7 Å². The second kappa shape index (κ2) is 7.42. The number of amides is 2. The van der Waals surface area contributed by atoms with E-state index in [9.17, 15) is 22.8 Å². The number of nitrogens with one attached hydrogen (secondary N) is 2. The fourth-order valence-electron chi connectivity index (χ4n) is 2.38. The lowest BCUT2D eigenvalue weighted by Crippen LogP contribution is -2.28. The number of alkyl halides is 3. The predicted octanol–water partition coefficient (Wildman–Crippen LogP) is 1.02. The first-order valence-corrected chi connectivity index (χ1v) is 7.50. The van der Waals surface area contributed by atoms with Crippen LogP contribution in [-0.4, -0.2) is 45.8 Å². The van der Waals surface area contributed by atoms with Crippen molar-refractivity contribution in [3.63, 3.8) is 0 Å². The Balaban J connectivity index is 2.11. The number of hydrogen-bond acceptors (Lipinski definition) is 5. The Morgan fingerprint density at radius 1 is 1.35 bits per heavy atom. The summed E-state index contributed by atoms with van der Waals surface area (Å²) in [5, 5.41) is 10.1. The van der Waals surface area contributed by atoms with Crippen LogP contribution in [0, 0.1) is 6.92 Å².